The van der Waals surface area contributed by atoms with Crippen LogP contribution >= 0.6 is 0 Å². The largest absolute Gasteiger partial charge is 0.383 e. The Morgan fingerprint density at radius 2 is 1.70 bits per heavy atom. The molecule has 0 spiro atoms. The van der Waals surface area contributed by atoms with Crippen LogP contribution in [0.1, 0.15) is 36.7 Å². The molecule has 2 nitrogen and oxygen atoms in total. The molecular weight excluding hydrogens is 244 g/mol. The number of hydrogen-bond acceptors (Lipinski definition) is 2. The van der Waals surface area contributed by atoms with Crippen molar-refractivity contribution in [2.24, 2.45) is 5.92 Å². The molecule has 0 saturated carbocycles. The molecule has 1 heterocycles. The molecule has 0 fully saturated rings. The van der Waals surface area contributed by atoms with Crippen molar-refractivity contribution in [2.75, 3.05) is 11.9 Å². The predicted octanol–water partition coefficient (Wildman–Crippen LogP) is 4.55. The van der Waals surface area contributed by atoms with Gasteiger partial charge in [0.05, 0.1) is 11.4 Å². The van der Waals surface area contributed by atoms with E-state index in [1.807, 2.05) is 6.92 Å². The molecule has 0 aliphatic carbocycles. The van der Waals surface area contributed by atoms with Gasteiger partial charge in [0.2, 0.25) is 0 Å². The lowest BCUT2D eigenvalue weighted by Crippen LogP contribution is -2.18. The first-order chi connectivity index (χ1) is 9.58. The SMILES string of the molecule is Cc1ccc(NCC(c2ccccc2)C(C)C)c(C)n1. The topological polar surface area (TPSA) is 24.9 Å². The molecule has 1 atom stereocenters. The first-order valence-electron chi connectivity index (χ1n) is 7.31. The third kappa shape index (κ3) is 3.60. The summed E-state index contributed by atoms with van der Waals surface area (Å²) in [5.74, 6) is 1.11. The fraction of sp³-hybridized carbons (Fsp3) is 0.389. The van der Waals surface area contributed by atoms with Crippen LogP contribution < -0.4 is 5.32 Å². The van der Waals surface area contributed by atoms with Gasteiger partial charge in [0.15, 0.2) is 0 Å². The molecule has 1 N–H and O–H groups in total. The Balaban J connectivity index is 2.10. The molecule has 0 amide bonds. The second-order valence-electron chi connectivity index (χ2n) is 5.73. The molecule has 0 radical (unpaired) electrons. The molecular formula is C18H24N2. The number of pyridine rings is 1. The van der Waals surface area contributed by atoms with Gasteiger partial charge in [0.25, 0.3) is 0 Å². The van der Waals surface area contributed by atoms with Crippen molar-refractivity contribution in [1.82, 2.24) is 4.98 Å². The summed E-state index contributed by atoms with van der Waals surface area (Å²) in [6, 6.07) is 14.9. The van der Waals surface area contributed by atoms with Crippen LogP contribution in [0.15, 0.2) is 42.5 Å². The number of hydrogen-bond donors (Lipinski definition) is 1. The van der Waals surface area contributed by atoms with Gasteiger partial charge in [-0.25, -0.2) is 0 Å². The first-order valence-corrected chi connectivity index (χ1v) is 7.31. The Morgan fingerprint density at radius 3 is 2.30 bits per heavy atom. The number of aromatic nitrogens is 1. The number of nitrogens with zero attached hydrogens (tertiary/aromatic N) is 1. The molecule has 2 rings (SSSR count). The quantitative estimate of drug-likeness (QED) is 0.860. The summed E-state index contributed by atoms with van der Waals surface area (Å²) >= 11 is 0. The van der Waals surface area contributed by atoms with Crippen molar-refractivity contribution < 1.29 is 0 Å². The summed E-state index contributed by atoms with van der Waals surface area (Å²) in [6.07, 6.45) is 0. The molecule has 106 valence electrons. The Kier molecular flexibility index (Phi) is 4.78. The molecule has 0 aliphatic rings. The molecule has 20 heavy (non-hydrogen) atoms. The maximum absolute atomic E-state index is 4.51. The molecule has 1 aromatic carbocycles. The highest BCUT2D eigenvalue weighted by molar-refractivity contribution is 5.48. The normalized spacial score (nSPS) is 12.4. The first kappa shape index (κ1) is 14.6. The molecule has 2 heteroatoms. The van der Waals surface area contributed by atoms with Crippen LogP contribution in [0.4, 0.5) is 5.69 Å². The molecule has 2 aromatic rings. The Hall–Kier alpha value is -1.83. The predicted molar refractivity (Wildman–Crippen MR) is 86.2 cm³/mol. The highest BCUT2D eigenvalue weighted by Gasteiger charge is 2.15. The fourth-order valence-corrected chi connectivity index (χ4v) is 2.53. The highest BCUT2D eigenvalue weighted by atomic mass is 14.9. The summed E-state index contributed by atoms with van der Waals surface area (Å²) < 4.78 is 0. The maximum Gasteiger partial charge on any atom is 0.0606 e. The minimum atomic E-state index is 0.511. The summed E-state index contributed by atoms with van der Waals surface area (Å²) in [5, 5.41) is 3.56. The van der Waals surface area contributed by atoms with E-state index in [-0.39, 0.29) is 0 Å². The van der Waals surface area contributed by atoms with Gasteiger partial charge in [-0.3, -0.25) is 4.98 Å². The summed E-state index contributed by atoms with van der Waals surface area (Å²) in [6.45, 7) is 9.58. The fourth-order valence-electron chi connectivity index (χ4n) is 2.53. The number of nitrogens with one attached hydrogen (secondary N) is 1. The van der Waals surface area contributed by atoms with E-state index in [1.165, 1.54) is 5.56 Å². The Labute approximate surface area is 122 Å². The standard InChI is InChI=1S/C18H24N2/c1-13(2)17(16-8-6-5-7-9-16)12-19-18-11-10-14(3)20-15(18)4/h5-11,13,17,19H,12H2,1-4H3. The second-order valence-corrected chi connectivity index (χ2v) is 5.73. The number of aryl methyl sites for hydroxylation is 2. The third-order valence-electron chi connectivity index (χ3n) is 3.77. The molecule has 1 unspecified atom stereocenters. The zero-order valence-corrected chi connectivity index (χ0v) is 12.9. The minimum absolute atomic E-state index is 0.511. The van der Waals surface area contributed by atoms with E-state index in [1.54, 1.807) is 0 Å². The summed E-state index contributed by atoms with van der Waals surface area (Å²) in [5.41, 5.74) is 4.67. The summed E-state index contributed by atoms with van der Waals surface area (Å²) in [4.78, 5) is 4.51. The van der Waals surface area contributed by atoms with Crippen molar-refractivity contribution in [2.45, 2.75) is 33.6 Å². The van der Waals surface area contributed by atoms with E-state index < -0.39 is 0 Å². The second kappa shape index (κ2) is 6.56. The monoisotopic (exact) mass is 268 g/mol. The van der Waals surface area contributed by atoms with Crippen LogP contribution in [-0.4, -0.2) is 11.5 Å². The van der Waals surface area contributed by atoms with Crippen LogP contribution in [0.3, 0.4) is 0 Å². The Bertz CT molecular complexity index is 547. The number of rotatable bonds is 5. The molecule has 0 aliphatic heterocycles. The zero-order valence-electron chi connectivity index (χ0n) is 12.9. The van der Waals surface area contributed by atoms with Gasteiger partial charge in [-0.05, 0) is 37.5 Å². The van der Waals surface area contributed by atoms with Crippen molar-refractivity contribution in [1.29, 1.82) is 0 Å². The molecule has 0 saturated heterocycles. The van der Waals surface area contributed by atoms with Crippen LogP contribution in [0.5, 0.6) is 0 Å². The van der Waals surface area contributed by atoms with Gasteiger partial charge in [-0.2, -0.15) is 0 Å². The van der Waals surface area contributed by atoms with Crippen molar-refractivity contribution >= 4 is 5.69 Å². The van der Waals surface area contributed by atoms with Gasteiger partial charge >= 0.3 is 0 Å². The van der Waals surface area contributed by atoms with Gasteiger partial charge < -0.3 is 5.32 Å². The Morgan fingerprint density at radius 1 is 1.00 bits per heavy atom. The van der Waals surface area contributed by atoms with E-state index in [9.17, 15) is 0 Å². The lowest BCUT2D eigenvalue weighted by Gasteiger charge is -2.23. The van der Waals surface area contributed by atoms with E-state index in [2.05, 4.69) is 73.5 Å². The maximum atomic E-state index is 4.51. The van der Waals surface area contributed by atoms with Crippen LogP contribution in [-0.2, 0) is 0 Å². The lowest BCUT2D eigenvalue weighted by atomic mass is 9.88. The zero-order chi connectivity index (χ0) is 14.5. The lowest BCUT2D eigenvalue weighted by molar-refractivity contribution is 0.517. The van der Waals surface area contributed by atoms with Crippen LogP contribution in [0.25, 0.3) is 0 Å². The smallest absolute Gasteiger partial charge is 0.0606 e. The average molecular weight is 268 g/mol. The van der Waals surface area contributed by atoms with Crippen molar-refractivity contribution in [3.05, 3.63) is 59.4 Å². The van der Waals surface area contributed by atoms with Gasteiger partial charge in [0.1, 0.15) is 0 Å². The number of benzene rings is 1. The summed E-state index contributed by atoms with van der Waals surface area (Å²) in [7, 11) is 0. The average Bonchev–Trinajstić information content (AvgIpc) is 2.42. The van der Waals surface area contributed by atoms with Crippen LogP contribution in [0.2, 0.25) is 0 Å². The molecule has 0 bridgehead atoms. The van der Waals surface area contributed by atoms with Crippen molar-refractivity contribution in [3.8, 4) is 0 Å². The van der Waals surface area contributed by atoms with E-state index in [0.717, 1.165) is 23.6 Å². The van der Waals surface area contributed by atoms with Gasteiger partial charge in [0, 0.05) is 18.2 Å². The number of anilines is 1. The van der Waals surface area contributed by atoms with Crippen LogP contribution in [0, 0.1) is 19.8 Å². The minimum Gasteiger partial charge on any atom is -0.383 e. The van der Waals surface area contributed by atoms with E-state index in [4.69, 9.17) is 0 Å². The van der Waals surface area contributed by atoms with Crippen molar-refractivity contribution in [3.63, 3.8) is 0 Å². The highest BCUT2D eigenvalue weighted by Crippen LogP contribution is 2.25. The third-order valence-corrected chi connectivity index (χ3v) is 3.77. The van der Waals surface area contributed by atoms with E-state index in [0.29, 0.717) is 11.8 Å². The van der Waals surface area contributed by atoms with Gasteiger partial charge in [-0.15, -0.1) is 0 Å². The molecule has 1 aromatic heterocycles. The van der Waals surface area contributed by atoms with E-state index >= 15 is 0 Å². The van der Waals surface area contributed by atoms with Gasteiger partial charge in [-0.1, -0.05) is 44.2 Å².